The van der Waals surface area contributed by atoms with Gasteiger partial charge in [-0.25, -0.2) is 4.79 Å². The van der Waals surface area contributed by atoms with Crippen molar-refractivity contribution in [1.29, 1.82) is 0 Å². The molecule has 0 bridgehead atoms. The van der Waals surface area contributed by atoms with E-state index in [2.05, 4.69) is 13.8 Å². The third-order valence-electron chi connectivity index (χ3n) is 5.26. The maximum absolute atomic E-state index is 13.7. The number of benzene rings is 3. The van der Waals surface area contributed by atoms with Crippen LogP contribution in [0.3, 0.4) is 0 Å². The van der Waals surface area contributed by atoms with Crippen molar-refractivity contribution in [2.45, 2.75) is 25.4 Å². The van der Waals surface area contributed by atoms with Crippen molar-refractivity contribution in [3.05, 3.63) is 93.4 Å². The number of anilines is 2. The third kappa shape index (κ3) is 3.59. The van der Waals surface area contributed by atoms with Crippen LogP contribution >= 0.6 is 34.8 Å². The minimum atomic E-state index is -0.560. The highest BCUT2D eigenvalue weighted by Crippen LogP contribution is 2.48. The zero-order valence-electron chi connectivity index (χ0n) is 15.9. The van der Waals surface area contributed by atoms with Crippen LogP contribution < -0.4 is 9.80 Å². The summed E-state index contributed by atoms with van der Waals surface area (Å²) in [5, 5.41) is 1.87. The van der Waals surface area contributed by atoms with Crippen molar-refractivity contribution in [2.24, 2.45) is 0 Å². The number of hydrogen-bond donors (Lipinski definition) is 0. The molecule has 0 N–H and O–H groups in total. The van der Waals surface area contributed by atoms with Gasteiger partial charge >= 0.3 is 6.03 Å². The molecule has 148 valence electrons. The number of halogens is 3. The number of carbonyl (C=O) groups is 1. The third-order valence-corrected chi connectivity index (χ3v) is 5.99. The maximum Gasteiger partial charge on any atom is 0.330 e. The van der Waals surface area contributed by atoms with Crippen LogP contribution in [-0.4, -0.2) is 11.6 Å². The molecule has 0 aliphatic carbocycles. The lowest BCUT2D eigenvalue weighted by Gasteiger charge is -2.35. The number of hydrogen-bond acceptors (Lipinski definition) is 1. The molecule has 4 rings (SSSR count). The van der Waals surface area contributed by atoms with Crippen LogP contribution in [0.1, 0.15) is 25.5 Å². The van der Waals surface area contributed by atoms with E-state index >= 15 is 0 Å². The van der Waals surface area contributed by atoms with Crippen LogP contribution in [0, 0.1) is 0 Å². The van der Waals surface area contributed by atoms with Crippen LogP contribution in [-0.2, 0) is 0 Å². The minimum Gasteiger partial charge on any atom is -0.286 e. The van der Waals surface area contributed by atoms with Crippen LogP contribution in [0.2, 0.25) is 15.1 Å². The second kappa shape index (κ2) is 7.56. The van der Waals surface area contributed by atoms with E-state index in [-0.39, 0.29) is 12.1 Å². The molecule has 3 nitrogen and oxygen atoms in total. The molecule has 1 atom stereocenters. The zero-order valence-corrected chi connectivity index (χ0v) is 18.2. The van der Waals surface area contributed by atoms with Gasteiger partial charge in [-0.3, -0.25) is 9.80 Å². The first-order valence-electron chi connectivity index (χ1n) is 9.19. The Labute approximate surface area is 185 Å². The van der Waals surface area contributed by atoms with Crippen molar-refractivity contribution in [2.75, 3.05) is 9.80 Å². The van der Waals surface area contributed by atoms with Gasteiger partial charge in [0.25, 0.3) is 0 Å². The lowest BCUT2D eigenvalue weighted by Crippen LogP contribution is -2.43. The van der Waals surface area contributed by atoms with Gasteiger partial charge in [-0.15, -0.1) is 0 Å². The van der Waals surface area contributed by atoms with Gasteiger partial charge in [0.05, 0.1) is 11.6 Å². The molecule has 0 spiro atoms. The van der Waals surface area contributed by atoms with Crippen LogP contribution in [0.5, 0.6) is 0 Å². The van der Waals surface area contributed by atoms with Gasteiger partial charge in [-0.1, -0.05) is 46.9 Å². The second-order valence-corrected chi connectivity index (χ2v) is 8.86. The molecule has 29 heavy (non-hydrogen) atoms. The van der Waals surface area contributed by atoms with E-state index in [1.165, 1.54) is 0 Å². The SMILES string of the molecule is CC1(C)[C@@H](c2cccc(Cl)c2)N(c2ccc(Cl)cc2)C(=O)N1c1ccc(Cl)cc1. The van der Waals surface area contributed by atoms with Crippen LogP contribution in [0.25, 0.3) is 0 Å². The number of amides is 2. The Hall–Kier alpha value is -2.20. The van der Waals surface area contributed by atoms with Gasteiger partial charge in [0, 0.05) is 26.4 Å². The molecule has 2 amide bonds. The number of carbonyl (C=O) groups excluding carboxylic acids is 1. The predicted octanol–water partition coefficient (Wildman–Crippen LogP) is 7.61. The number of nitrogens with zero attached hydrogens (tertiary/aromatic N) is 2. The predicted molar refractivity (Wildman–Crippen MR) is 122 cm³/mol. The van der Waals surface area contributed by atoms with Crippen molar-refractivity contribution < 1.29 is 4.79 Å². The monoisotopic (exact) mass is 444 g/mol. The molecule has 3 aromatic rings. The van der Waals surface area contributed by atoms with Crippen LogP contribution in [0.4, 0.5) is 16.2 Å². The molecule has 0 aromatic heterocycles. The highest BCUT2D eigenvalue weighted by atomic mass is 35.5. The molecule has 1 saturated heterocycles. The van der Waals surface area contributed by atoms with E-state index in [1.807, 2.05) is 53.4 Å². The van der Waals surface area contributed by atoms with E-state index in [1.54, 1.807) is 29.2 Å². The summed E-state index contributed by atoms with van der Waals surface area (Å²) in [5.41, 5.74) is 1.96. The molecule has 6 heteroatoms. The first kappa shape index (κ1) is 20.1. The molecular formula is C23H19Cl3N2O. The van der Waals surface area contributed by atoms with E-state index < -0.39 is 5.54 Å². The summed E-state index contributed by atoms with van der Waals surface area (Å²) in [6.45, 7) is 4.11. The van der Waals surface area contributed by atoms with Crippen molar-refractivity contribution in [3.8, 4) is 0 Å². The van der Waals surface area contributed by atoms with Crippen LogP contribution in [0.15, 0.2) is 72.8 Å². The van der Waals surface area contributed by atoms with Crippen molar-refractivity contribution in [3.63, 3.8) is 0 Å². The van der Waals surface area contributed by atoms with E-state index in [9.17, 15) is 4.79 Å². The Bertz CT molecular complexity index is 1050. The summed E-state index contributed by atoms with van der Waals surface area (Å²) in [6, 6.07) is 21.9. The fourth-order valence-corrected chi connectivity index (χ4v) is 4.48. The first-order chi connectivity index (χ1) is 13.8. The molecule has 0 saturated carbocycles. The minimum absolute atomic E-state index is 0.121. The van der Waals surface area contributed by atoms with Crippen molar-refractivity contribution >= 4 is 52.2 Å². The largest absolute Gasteiger partial charge is 0.330 e. The standard InChI is InChI=1S/C23H19Cl3N2O/c1-23(2)21(15-4-3-5-18(26)14-15)27(19-10-6-16(24)7-11-19)22(29)28(23)20-12-8-17(25)9-13-20/h3-14,21H,1-2H3/t21-/m1/s1. The summed E-state index contributed by atoms with van der Waals surface area (Å²) in [4.78, 5) is 17.3. The lowest BCUT2D eigenvalue weighted by atomic mass is 9.87. The second-order valence-electron chi connectivity index (χ2n) is 7.55. The highest BCUT2D eigenvalue weighted by molar-refractivity contribution is 6.31. The van der Waals surface area contributed by atoms with E-state index in [0.717, 1.165) is 16.9 Å². The summed E-state index contributed by atoms with van der Waals surface area (Å²) in [7, 11) is 0. The average molecular weight is 446 g/mol. The number of urea groups is 1. The van der Waals surface area contributed by atoms with Gasteiger partial charge in [0.2, 0.25) is 0 Å². The van der Waals surface area contributed by atoms with E-state index in [0.29, 0.717) is 15.1 Å². The normalized spacial score (nSPS) is 18.4. The Morgan fingerprint density at radius 2 is 1.31 bits per heavy atom. The van der Waals surface area contributed by atoms with Gasteiger partial charge in [0.1, 0.15) is 0 Å². The fourth-order valence-electron chi connectivity index (χ4n) is 4.03. The zero-order chi connectivity index (χ0) is 20.8. The molecule has 0 radical (unpaired) electrons. The highest BCUT2D eigenvalue weighted by Gasteiger charge is 2.53. The van der Waals surface area contributed by atoms with Gasteiger partial charge in [-0.05, 0) is 80.1 Å². The summed E-state index contributed by atoms with van der Waals surface area (Å²) in [6.07, 6.45) is 0. The molecule has 3 aromatic carbocycles. The topological polar surface area (TPSA) is 23.6 Å². The Morgan fingerprint density at radius 1 is 0.759 bits per heavy atom. The molecule has 1 aliphatic heterocycles. The first-order valence-corrected chi connectivity index (χ1v) is 10.3. The summed E-state index contributed by atoms with van der Waals surface area (Å²) >= 11 is 18.4. The Morgan fingerprint density at radius 3 is 1.86 bits per heavy atom. The van der Waals surface area contributed by atoms with Gasteiger partial charge in [0.15, 0.2) is 0 Å². The quantitative estimate of drug-likeness (QED) is 0.407. The van der Waals surface area contributed by atoms with Gasteiger partial charge in [-0.2, -0.15) is 0 Å². The van der Waals surface area contributed by atoms with Gasteiger partial charge < -0.3 is 0 Å². The maximum atomic E-state index is 13.7. The Kier molecular flexibility index (Phi) is 5.24. The summed E-state index contributed by atoms with van der Waals surface area (Å²) < 4.78 is 0. The molecular weight excluding hydrogens is 427 g/mol. The molecule has 0 unspecified atom stereocenters. The average Bonchev–Trinajstić information content (AvgIpc) is 2.89. The number of rotatable bonds is 3. The fraction of sp³-hybridized carbons (Fsp3) is 0.174. The Balaban J connectivity index is 1.90. The summed E-state index contributed by atoms with van der Waals surface area (Å²) in [5.74, 6) is 0. The lowest BCUT2D eigenvalue weighted by molar-refractivity contribution is 0.254. The van der Waals surface area contributed by atoms with Crippen molar-refractivity contribution in [1.82, 2.24) is 0 Å². The molecule has 1 aliphatic rings. The smallest absolute Gasteiger partial charge is 0.286 e. The molecule has 1 heterocycles. The molecule has 1 fully saturated rings. The van der Waals surface area contributed by atoms with E-state index in [4.69, 9.17) is 34.8 Å².